The summed E-state index contributed by atoms with van der Waals surface area (Å²) in [6.45, 7) is 0. The van der Waals surface area contributed by atoms with E-state index in [1.165, 1.54) is 0 Å². The maximum atomic E-state index is 10.2. The van der Waals surface area contributed by atoms with Crippen LogP contribution in [0.2, 0.25) is 0 Å². The van der Waals surface area contributed by atoms with Crippen molar-refractivity contribution < 1.29 is 9.85 Å². The molecule has 0 aliphatic heterocycles. The van der Waals surface area contributed by atoms with Gasteiger partial charge in [-0.25, -0.2) is 0 Å². The van der Waals surface area contributed by atoms with Gasteiger partial charge in [-0.3, -0.25) is 20.2 Å². The third kappa shape index (κ3) is 1.59. The molecule has 0 saturated carbocycles. The summed E-state index contributed by atoms with van der Waals surface area (Å²) >= 11 is 3.38. The summed E-state index contributed by atoms with van der Waals surface area (Å²) in [6, 6.07) is 1.11. The molecule has 0 radical (unpaired) electrons. The van der Waals surface area contributed by atoms with Gasteiger partial charge in [0.2, 0.25) is 0 Å². The van der Waals surface area contributed by atoms with Crippen LogP contribution in [0.5, 0.6) is 0 Å². The molecule has 0 aliphatic carbocycles. The van der Waals surface area contributed by atoms with E-state index in [1.807, 2.05) is 0 Å². The molecule has 0 aliphatic rings. The quantitative estimate of drug-likeness (QED) is 0.597. The Hall–Kier alpha value is -1.02. The molecule has 64 valence electrons. The summed E-state index contributed by atoms with van der Waals surface area (Å²) in [5, 5.41) is 19.9. The zero-order valence-corrected chi connectivity index (χ0v) is 7.79. The third-order valence-corrected chi connectivity index (χ3v) is 2.91. The van der Waals surface area contributed by atoms with Crippen LogP contribution in [0.3, 0.4) is 0 Å². The zero-order chi connectivity index (χ0) is 9.30. The van der Waals surface area contributed by atoms with Gasteiger partial charge in [-0.2, -0.15) is 0 Å². The van der Waals surface area contributed by atoms with Crippen molar-refractivity contribution in [1.82, 2.24) is 0 Å². The van der Waals surface area contributed by atoms with Gasteiger partial charge in [-0.1, -0.05) is 0 Å². The second-order valence-corrected chi connectivity index (χ2v) is 3.62. The average Bonchev–Trinajstić information content (AvgIpc) is 2.30. The molecule has 0 aromatic carbocycles. The Morgan fingerprint density at radius 1 is 1.33 bits per heavy atom. The van der Waals surface area contributed by atoms with Crippen molar-refractivity contribution in [2.75, 3.05) is 0 Å². The van der Waals surface area contributed by atoms with E-state index in [0.29, 0.717) is 11.3 Å². The minimum absolute atomic E-state index is 0.143. The molecule has 1 heterocycles. The van der Waals surface area contributed by atoms with Crippen molar-refractivity contribution in [3.05, 3.63) is 30.8 Å². The number of nitrogens with zero attached hydrogens (tertiary/aromatic N) is 2. The first kappa shape index (κ1) is 9.07. The van der Waals surface area contributed by atoms with Crippen LogP contribution in [0.1, 0.15) is 0 Å². The maximum absolute atomic E-state index is 10.2. The number of thiophene rings is 1. The molecule has 0 N–H and O–H groups in total. The lowest BCUT2D eigenvalue weighted by Crippen LogP contribution is -1.82. The van der Waals surface area contributed by atoms with Crippen molar-refractivity contribution in [3.8, 4) is 0 Å². The molecule has 0 saturated heterocycles. The minimum atomic E-state index is -0.665. The molecule has 1 aromatic rings. The van der Waals surface area contributed by atoms with Crippen LogP contribution in [0, 0.1) is 20.2 Å². The van der Waals surface area contributed by atoms with Gasteiger partial charge in [0.25, 0.3) is 0 Å². The molecule has 6 nitrogen and oxygen atoms in total. The molecule has 0 atom stereocenters. The second kappa shape index (κ2) is 3.15. The lowest BCUT2D eigenvalue weighted by atomic mass is 10.6. The van der Waals surface area contributed by atoms with E-state index < -0.39 is 9.85 Å². The van der Waals surface area contributed by atoms with Crippen LogP contribution in [0.15, 0.2) is 10.5 Å². The smallest absolute Gasteiger partial charge is 0.258 e. The molecule has 8 heteroatoms. The largest absolute Gasteiger partial charge is 0.344 e. The first-order valence-corrected chi connectivity index (χ1v) is 4.21. The molecule has 1 aromatic heterocycles. The van der Waals surface area contributed by atoms with Crippen molar-refractivity contribution in [1.29, 1.82) is 0 Å². The number of halogens is 1. The standard InChI is InChI=1S/C4HBrN2O4S/c5-2-1-3(6(8)9)12-4(2)7(10)11/h1H. The Bertz CT molecular complexity index is 349. The Morgan fingerprint density at radius 2 is 1.92 bits per heavy atom. The van der Waals surface area contributed by atoms with Gasteiger partial charge in [0.15, 0.2) is 0 Å². The lowest BCUT2D eigenvalue weighted by molar-refractivity contribution is -0.382. The fourth-order valence-corrected chi connectivity index (χ4v) is 2.00. The van der Waals surface area contributed by atoms with Crippen LogP contribution in [0.25, 0.3) is 0 Å². The fourth-order valence-electron chi connectivity index (χ4n) is 0.562. The maximum Gasteiger partial charge on any atom is 0.344 e. The monoisotopic (exact) mass is 252 g/mol. The molecular formula is C4HBrN2O4S. The minimum Gasteiger partial charge on any atom is -0.258 e. The highest BCUT2D eigenvalue weighted by molar-refractivity contribution is 9.10. The molecule has 0 amide bonds. The van der Waals surface area contributed by atoms with Gasteiger partial charge in [0.1, 0.15) is 4.47 Å². The highest BCUT2D eigenvalue weighted by Gasteiger charge is 2.22. The van der Waals surface area contributed by atoms with E-state index in [1.54, 1.807) is 0 Å². The van der Waals surface area contributed by atoms with Crippen LogP contribution in [0.4, 0.5) is 10.0 Å². The summed E-state index contributed by atoms with van der Waals surface area (Å²) in [5.74, 6) is 0. The first-order chi connectivity index (χ1) is 5.52. The molecule has 1 rings (SSSR count). The summed E-state index contributed by atoms with van der Waals surface area (Å²) in [6.07, 6.45) is 0. The van der Waals surface area contributed by atoms with Crippen LogP contribution < -0.4 is 0 Å². The van der Waals surface area contributed by atoms with Crippen molar-refractivity contribution in [2.45, 2.75) is 0 Å². The van der Waals surface area contributed by atoms with Gasteiger partial charge in [-0.15, -0.1) is 0 Å². The van der Waals surface area contributed by atoms with Gasteiger partial charge in [0.05, 0.1) is 9.85 Å². The Kier molecular flexibility index (Phi) is 2.38. The highest BCUT2D eigenvalue weighted by Crippen LogP contribution is 2.38. The number of rotatable bonds is 2. The van der Waals surface area contributed by atoms with E-state index in [4.69, 9.17) is 0 Å². The Morgan fingerprint density at radius 3 is 2.17 bits per heavy atom. The SMILES string of the molecule is O=[N+]([O-])c1cc(Br)c([N+](=O)[O-])s1. The van der Waals surface area contributed by atoms with Crippen LogP contribution in [-0.2, 0) is 0 Å². The van der Waals surface area contributed by atoms with Crippen LogP contribution >= 0.6 is 27.3 Å². The predicted molar refractivity (Wildman–Crippen MR) is 45.3 cm³/mol. The third-order valence-electron chi connectivity index (χ3n) is 1.00. The van der Waals surface area contributed by atoms with E-state index in [9.17, 15) is 20.2 Å². The topological polar surface area (TPSA) is 86.3 Å². The van der Waals surface area contributed by atoms with E-state index in [0.717, 1.165) is 6.07 Å². The zero-order valence-electron chi connectivity index (χ0n) is 5.39. The molecule has 0 fully saturated rings. The van der Waals surface area contributed by atoms with Crippen LogP contribution in [-0.4, -0.2) is 9.85 Å². The van der Waals surface area contributed by atoms with E-state index in [2.05, 4.69) is 15.9 Å². The number of nitro groups is 2. The molecule has 0 spiro atoms. The predicted octanol–water partition coefficient (Wildman–Crippen LogP) is 2.33. The fraction of sp³-hybridized carbons (Fsp3) is 0. The number of hydrogen-bond donors (Lipinski definition) is 0. The molecule has 0 bridgehead atoms. The molecular weight excluding hydrogens is 252 g/mol. The lowest BCUT2D eigenvalue weighted by Gasteiger charge is -1.81. The molecule has 12 heavy (non-hydrogen) atoms. The average molecular weight is 253 g/mol. The van der Waals surface area contributed by atoms with Gasteiger partial charge < -0.3 is 0 Å². The normalized spacial score (nSPS) is 9.75. The first-order valence-electron chi connectivity index (χ1n) is 2.60. The van der Waals surface area contributed by atoms with Crippen molar-refractivity contribution >= 4 is 37.3 Å². The van der Waals surface area contributed by atoms with Crippen molar-refractivity contribution in [3.63, 3.8) is 0 Å². The highest BCUT2D eigenvalue weighted by atomic mass is 79.9. The Balaban J connectivity index is 3.17. The summed E-state index contributed by atoms with van der Waals surface area (Å²) in [5.41, 5.74) is 0. The van der Waals surface area contributed by atoms with E-state index >= 15 is 0 Å². The van der Waals surface area contributed by atoms with E-state index in [-0.39, 0.29) is 14.5 Å². The van der Waals surface area contributed by atoms with Gasteiger partial charge in [-0.05, 0) is 15.9 Å². The summed E-state index contributed by atoms with van der Waals surface area (Å²) in [7, 11) is 0. The van der Waals surface area contributed by atoms with Gasteiger partial charge >= 0.3 is 10.0 Å². The Labute approximate surface area is 78.2 Å². The summed E-state index contributed by atoms with van der Waals surface area (Å²) in [4.78, 5) is 19.1. The molecule has 0 unspecified atom stereocenters. The summed E-state index contributed by atoms with van der Waals surface area (Å²) < 4.78 is 0.143. The van der Waals surface area contributed by atoms with Gasteiger partial charge in [0, 0.05) is 17.4 Å². The second-order valence-electron chi connectivity index (χ2n) is 1.75. The number of hydrogen-bond acceptors (Lipinski definition) is 5. The van der Waals surface area contributed by atoms with Crippen molar-refractivity contribution in [2.24, 2.45) is 0 Å².